The molecule has 2 aliphatic carbocycles. The van der Waals surface area contributed by atoms with Crippen LogP contribution in [0, 0.1) is 11.8 Å². The Morgan fingerprint density at radius 1 is 0.786 bits per heavy atom. The van der Waals surface area contributed by atoms with E-state index in [2.05, 4.69) is 24.3 Å². The molecule has 14 heavy (non-hydrogen) atoms. The van der Waals surface area contributed by atoms with Gasteiger partial charge in [-0.2, -0.15) is 0 Å². The molecular formula is C14H18. The number of benzene rings is 1. The highest BCUT2D eigenvalue weighted by Gasteiger charge is 2.29. The summed E-state index contributed by atoms with van der Waals surface area (Å²) in [5.74, 6) is 2.03. The lowest BCUT2D eigenvalue weighted by molar-refractivity contribution is 0.221. The summed E-state index contributed by atoms with van der Waals surface area (Å²) in [5.41, 5.74) is 3.27. The zero-order chi connectivity index (χ0) is 9.38. The molecule has 2 unspecified atom stereocenters. The van der Waals surface area contributed by atoms with Crippen molar-refractivity contribution in [3.63, 3.8) is 0 Å². The predicted molar refractivity (Wildman–Crippen MR) is 59.3 cm³/mol. The predicted octanol–water partition coefficient (Wildman–Crippen LogP) is 3.59. The van der Waals surface area contributed by atoms with Gasteiger partial charge < -0.3 is 0 Å². The van der Waals surface area contributed by atoms with E-state index < -0.39 is 0 Å². The van der Waals surface area contributed by atoms with Gasteiger partial charge in [0.1, 0.15) is 0 Å². The second-order valence-corrected chi connectivity index (χ2v) is 4.98. The van der Waals surface area contributed by atoms with Crippen molar-refractivity contribution in [2.45, 2.75) is 38.5 Å². The van der Waals surface area contributed by atoms with Crippen molar-refractivity contribution in [1.29, 1.82) is 0 Å². The maximum Gasteiger partial charge on any atom is -0.0245 e. The van der Waals surface area contributed by atoms with Crippen LogP contribution in [0.2, 0.25) is 0 Å². The maximum atomic E-state index is 2.33. The van der Waals surface area contributed by atoms with Gasteiger partial charge in [0.25, 0.3) is 0 Å². The van der Waals surface area contributed by atoms with Crippen LogP contribution in [0.15, 0.2) is 24.3 Å². The first-order valence-electron chi connectivity index (χ1n) is 6.00. The fourth-order valence-electron chi connectivity index (χ4n) is 3.34. The van der Waals surface area contributed by atoms with Gasteiger partial charge in [0, 0.05) is 0 Å². The molecule has 1 aromatic carbocycles. The molecule has 1 fully saturated rings. The Morgan fingerprint density at radius 2 is 1.29 bits per heavy atom. The molecule has 0 aliphatic heterocycles. The molecule has 0 amide bonds. The number of hydrogen-bond acceptors (Lipinski definition) is 0. The molecule has 0 heteroatoms. The quantitative estimate of drug-likeness (QED) is 0.581. The smallest absolute Gasteiger partial charge is 0.0245 e. The number of hydrogen-bond donors (Lipinski definition) is 0. The van der Waals surface area contributed by atoms with Crippen molar-refractivity contribution in [3.05, 3.63) is 35.4 Å². The van der Waals surface area contributed by atoms with Crippen molar-refractivity contribution in [1.82, 2.24) is 0 Å². The molecule has 0 N–H and O–H groups in total. The highest BCUT2D eigenvalue weighted by Crippen LogP contribution is 2.39. The van der Waals surface area contributed by atoms with Crippen molar-refractivity contribution in [2.75, 3.05) is 0 Å². The van der Waals surface area contributed by atoms with Gasteiger partial charge in [-0.05, 0) is 48.6 Å². The lowest BCUT2D eigenvalue weighted by Crippen LogP contribution is -2.28. The van der Waals surface area contributed by atoms with Gasteiger partial charge in [0.2, 0.25) is 0 Å². The normalized spacial score (nSPS) is 30.6. The number of rotatable bonds is 0. The first kappa shape index (κ1) is 8.52. The minimum atomic E-state index is 1.01. The second kappa shape index (κ2) is 3.42. The molecule has 0 aromatic heterocycles. The largest absolute Gasteiger partial charge is 0.0620 e. The number of fused-ring (bicyclic) bond motifs is 2. The summed E-state index contributed by atoms with van der Waals surface area (Å²) in [6.45, 7) is 0. The minimum absolute atomic E-state index is 1.01. The van der Waals surface area contributed by atoms with Crippen LogP contribution in [-0.4, -0.2) is 0 Å². The van der Waals surface area contributed by atoms with Crippen LogP contribution in [0.3, 0.4) is 0 Å². The molecule has 2 atom stereocenters. The minimum Gasteiger partial charge on any atom is -0.0620 e. The Hall–Kier alpha value is -0.780. The lowest BCUT2D eigenvalue weighted by atomic mass is 9.69. The molecule has 0 saturated heterocycles. The third-order valence-corrected chi connectivity index (χ3v) is 4.15. The third kappa shape index (κ3) is 1.37. The molecule has 0 spiro atoms. The Labute approximate surface area is 86.3 Å². The first-order chi connectivity index (χ1) is 6.93. The summed E-state index contributed by atoms with van der Waals surface area (Å²) < 4.78 is 0. The van der Waals surface area contributed by atoms with Crippen LogP contribution in [0.5, 0.6) is 0 Å². The topological polar surface area (TPSA) is 0 Å². The average Bonchev–Trinajstić information content (AvgIpc) is 2.26. The average molecular weight is 186 g/mol. The Balaban J connectivity index is 1.91. The maximum absolute atomic E-state index is 2.33. The molecular weight excluding hydrogens is 168 g/mol. The summed E-state index contributed by atoms with van der Waals surface area (Å²) >= 11 is 0. The lowest BCUT2D eigenvalue weighted by Gasteiger charge is -2.36. The Kier molecular flexibility index (Phi) is 2.08. The Morgan fingerprint density at radius 3 is 1.79 bits per heavy atom. The van der Waals surface area contributed by atoms with E-state index >= 15 is 0 Å². The van der Waals surface area contributed by atoms with E-state index in [4.69, 9.17) is 0 Å². The second-order valence-electron chi connectivity index (χ2n) is 4.98. The third-order valence-electron chi connectivity index (χ3n) is 4.15. The highest BCUT2D eigenvalue weighted by atomic mass is 14.3. The summed E-state index contributed by atoms with van der Waals surface area (Å²) in [4.78, 5) is 0. The van der Waals surface area contributed by atoms with E-state index in [1.807, 2.05) is 0 Å². The van der Waals surface area contributed by atoms with Gasteiger partial charge >= 0.3 is 0 Å². The summed E-state index contributed by atoms with van der Waals surface area (Å²) in [6.07, 6.45) is 8.65. The summed E-state index contributed by atoms with van der Waals surface area (Å²) in [6, 6.07) is 9.06. The standard InChI is InChI=1S/C14H18/c1-2-6-12-10-14-8-4-3-7-13(14)9-11(12)5-1/h1-2,5-6,13-14H,3-4,7-10H2. The van der Waals surface area contributed by atoms with Gasteiger partial charge in [0.15, 0.2) is 0 Å². The monoisotopic (exact) mass is 186 g/mol. The summed E-state index contributed by atoms with van der Waals surface area (Å²) in [5, 5.41) is 0. The molecule has 1 aromatic rings. The van der Waals surface area contributed by atoms with E-state index in [1.54, 1.807) is 11.1 Å². The van der Waals surface area contributed by atoms with E-state index in [9.17, 15) is 0 Å². The zero-order valence-electron chi connectivity index (χ0n) is 8.71. The van der Waals surface area contributed by atoms with Gasteiger partial charge in [-0.3, -0.25) is 0 Å². The molecule has 1 saturated carbocycles. The van der Waals surface area contributed by atoms with Gasteiger partial charge in [-0.15, -0.1) is 0 Å². The summed E-state index contributed by atoms with van der Waals surface area (Å²) in [7, 11) is 0. The molecule has 74 valence electrons. The molecule has 2 aliphatic rings. The molecule has 0 nitrogen and oxygen atoms in total. The van der Waals surface area contributed by atoms with Crippen molar-refractivity contribution in [3.8, 4) is 0 Å². The Bertz CT molecular complexity index is 294. The van der Waals surface area contributed by atoms with E-state index in [0.29, 0.717) is 0 Å². The van der Waals surface area contributed by atoms with Gasteiger partial charge in [-0.25, -0.2) is 0 Å². The zero-order valence-corrected chi connectivity index (χ0v) is 8.71. The van der Waals surface area contributed by atoms with Crippen LogP contribution in [0.4, 0.5) is 0 Å². The molecule has 0 bridgehead atoms. The van der Waals surface area contributed by atoms with Gasteiger partial charge in [0.05, 0.1) is 0 Å². The first-order valence-corrected chi connectivity index (χ1v) is 6.00. The van der Waals surface area contributed by atoms with Crippen LogP contribution < -0.4 is 0 Å². The molecule has 3 rings (SSSR count). The van der Waals surface area contributed by atoms with Crippen LogP contribution in [0.1, 0.15) is 36.8 Å². The van der Waals surface area contributed by atoms with Crippen LogP contribution in [-0.2, 0) is 12.8 Å². The van der Waals surface area contributed by atoms with Crippen molar-refractivity contribution < 1.29 is 0 Å². The fourth-order valence-corrected chi connectivity index (χ4v) is 3.34. The van der Waals surface area contributed by atoms with Crippen LogP contribution in [0.25, 0.3) is 0 Å². The van der Waals surface area contributed by atoms with Gasteiger partial charge in [-0.1, -0.05) is 37.1 Å². The van der Waals surface area contributed by atoms with E-state index in [0.717, 1.165) is 11.8 Å². The SMILES string of the molecule is c1ccc2c(c1)CC1CCCCC1C2. The fraction of sp³-hybridized carbons (Fsp3) is 0.571. The molecule has 0 heterocycles. The van der Waals surface area contributed by atoms with E-state index in [1.165, 1.54) is 38.5 Å². The van der Waals surface area contributed by atoms with Crippen molar-refractivity contribution in [2.24, 2.45) is 11.8 Å². The highest BCUT2D eigenvalue weighted by molar-refractivity contribution is 5.30. The van der Waals surface area contributed by atoms with Crippen molar-refractivity contribution >= 4 is 0 Å². The molecule has 0 radical (unpaired) electrons. The van der Waals surface area contributed by atoms with E-state index in [-0.39, 0.29) is 0 Å². The van der Waals surface area contributed by atoms with Crippen LogP contribution >= 0.6 is 0 Å².